The maximum atomic E-state index is 15.2. The van der Waals surface area contributed by atoms with Gasteiger partial charge in [0.2, 0.25) is 5.91 Å². The molecule has 6 rings (SSSR count). The minimum Gasteiger partial charge on any atom is -0.387 e. The number of nitrogens with zero attached hydrogens (tertiary/aromatic N) is 1. The van der Waals surface area contributed by atoms with Crippen LogP contribution >= 0.6 is 0 Å². The molecular formula is C39H52N2O2. The van der Waals surface area contributed by atoms with Crippen LogP contribution in [0.4, 0.5) is 11.4 Å². The summed E-state index contributed by atoms with van der Waals surface area (Å²) in [5.41, 5.74) is 5.61. The highest BCUT2D eigenvalue weighted by atomic mass is 16.2. The third-order valence-corrected chi connectivity index (χ3v) is 11.9. The molecule has 6 atom stereocenters. The summed E-state index contributed by atoms with van der Waals surface area (Å²) in [5.74, 6) is 2.68. The molecule has 2 aromatic carbocycles. The smallest absolute Gasteiger partial charge is 0.235 e. The van der Waals surface area contributed by atoms with Crippen LogP contribution in [0.15, 0.2) is 60.3 Å². The molecule has 0 radical (unpaired) electrons. The highest BCUT2D eigenvalue weighted by molar-refractivity contribution is 6.03. The Morgan fingerprint density at radius 2 is 1.74 bits per heavy atom. The molecule has 1 heterocycles. The first-order valence-electron chi connectivity index (χ1n) is 16.8. The monoisotopic (exact) mass is 580 g/mol. The molecule has 4 heteroatoms. The Kier molecular flexibility index (Phi) is 7.67. The summed E-state index contributed by atoms with van der Waals surface area (Å²) < 4.78 is 0. The van der Waals surface area contributed by atoms with Crippen molar-refractivity contribution in [1.82, 2.24) is 5.32 Å². The summed E-state index contributed by atoms with van der Waals surface area (Å²) in [6.07, 6.45) is 8.75. The van der Waals surface area contributed by atoms with Crippen molar-refractivity contribution in [1.29, 1.82) is 0 Å². The molecule has 0 bridgehead atoms. The number of ketones is 1. The van der Waals surface area contributed by atoms with E-state index in [1.165, 1.54) is 16.8 Å². The van der Waals surface area contributed by atoms with Crippen LogP contribution in [-0.2, 0) is 21.4 Å². The number of rotatable bonds is 5. The number of carbonyl (C=O) groups excluding carboxylic acids is 2. The minimum atomic E-state index is -0.102. The van der Waals surface area contributed by atoms with Gasteiger partial charge in [-0.15, -0.1) is 0 Å². The van der Waals surface area contributed by atoms with E-state index >= 15 is 4.79 Å². The lowest BCUT2D eigenvalue weighted by Crippen LogP contribution is -2.57. The van der Waals surface area contributed by atoms with Crippen LogP contribution in [-0.4, -0.2) is 18.2 Å². The maximum Gasteiger partial charge on any atom is 0.235 e. The van der Waals surface area contributed by atoms with Crippen LogP contribution in [0.5, 0.6) is 0 Å². The number of benzene rings is 2. The molecule has 3 fully saturated rings. The van der Waals surface area contributed by atoms with E-state index in [0.29, 0.717) is 30.1 Å². The van der Waals surface area contributed by atoms with Gasteiger partial charge >= 0.3 is 0 Å². The van der Waals surface area contributed by atoms with Crippen LogP contribution in [0.2, 0.25) is 0 Å². The number of allylic oxidation sites excluding steroid dienone is 2. The fraction of sp³-hybridized carbons (Fsp3) is 0.590. The van der Waals surface area contributed by atoms with Crippen molar-refractivity contribution < 1.29 is 9.59 Å². The Morgan fingerprint density at radius 1 is 1.00 bits per heavy atom. The van der Waals surface area contributed by atoms with E-state index in [4.69, 9.17) is 0 Å². The summed E-state index contributed by atoms with van der Waals surface area (Å²) in [5, 5.41) is 3.73. The van der Waals surface area contributed by atoms with Crippen LogP contribution in [0.3, 0.4) is 0 Å². The molecule has 4 aliphatic rings. The van der Waals surface area contributed by atoms with Gasteiger partial charge in [0, 0.05) is 41.8 Å². The summed E-state index contributed by atoms with van der Waals surface area (Å²) in [6.45, 7) is 17.1. The van der Waals surface area contributed by atoms with E-state index in [1.54, 1.807) is 0 Å². The molecule has 1 amide bonds. The van der Waals surface area contributed by atoms with Gasteiger partial charge in [-0.25, -0.2) is 0 Å². The molecule has 0 aromatic heterocycles. The van der Waals surface area contributed by atoms with Gasteiger partial charge in [0.1, 0.15) is 0 Å². The maximum absolute atomic E-state index is 15.2. The average Bonchev–Trinajstić information content (AvgIpc) is 3.30. The van der Waals surface area contributed by atoms with Crippen molar-refractivity contribution in [3.8, 4) is 0 Å². The molecule has 0 spiro atoms. The molecule has 4 nitrogen and oxygen atoms in total. The zero-order chi connectivity index (χ0) is 30.7. The third kappa shape index (κ3) is 5.17. The lowest BCUT2D eigenvalue weighted by Gasteiger charge is -2.58. The molecule has 1 unspecified atom stereocenters. The lowest BCUT2D eigenvalue weighted by molar-refractivity contribution is -0.129. The van der Waals surface area contributed by atoms with E-state index in [9.17, 15) is 4.79 Å². The number of carbonyl (C=O) groups is 2. The molecule has 1 aliphatic heterocycles. The minimum absolute atomic E-state index is 0.0158. The number of fused-ring (bicyclic) bond motifs is 5. The molecule has 230 valence electrons. The van der Waals surface area contributed by atoms with Crippen LogP contribution in [0, 0.1) is 40.4 Å². The third-order valence-electron chi connectivity index (χ3n) is 11.9. The summed E-state index contributed by atoms with van der Waals surface area (Å²) in [6, 6.07) is 17.2. The SMILES string of the molecule is CC(C)Cc1ccc(C(C)(C)C)c(N(C(=O)C2CC[C@H]3[C@@H]4CNC5=CC(=O)CC[C@]5(C)[C@@H]4CC[C@]23C)c2ccccc2)c1. The van der Waals surface area contributed by atoms with Gasteiger partial charge in [0.05, 0.1) is 5.69 Å². The lowest BCUT2D eigenvalue weighted by atomic mass is 9.50. The quantitative estimate of drug-likeness (QED) is 0.385. The number of piperidine rings is 1. The number of hydrogen-bond acceptors (Lipinski definition) is 3. The number of anilines is 2. The zero-order valence-electron chi connectivity index (χ0n) is 27.5. The fourth-order valence-corrected chi connectivity index (χ4v) is 9.66. The predicted octanol–water partition coefficient (Wildman–Crippen LogP) is 8.76. The summed E-state index contributed by atoms with van der Waals surface area (Å²) >= 11 is 0. The Hall–Kier alpha value is -2.88. The van der Waals surface area contributed by atoms with Crippen molar-refractivity contribution in [2.24, 2.45) is 40.4 Å². The van der Waals surface area contributed by atoms with E-state index in [-0.39, 0.29) is 33.9 Å². The van der Waals surface area contributed by atoms with Gasteiger partial charge in [0.15, 0.2) is 5.78 Å². The van der Waals surface area contributed by atoms with Crippen LogP contribution in [0.25, 0.3) is 0 Å². The fourth-order valence-electron chi connectivity index (χ4n) is 9.66. The van der Waals surface area contributed by atoms with Crippen molar-refractivity contribution in [2.75, 3.05) is 11.4 Å². The molecule has 2 aromatic rings. The Labute approximate surface area is 259 Å². The molecule has 1 N–H and O–H groups in total. The Morgan fingerprint density at radius 3 is 2.44 bits per heavy atom. The van der Waals surface area contributed by atoms with Gasteiger partial charge in [-0.2, -0.15) is 0 Å². The summed E-state index contributed by atoms with van der Waals surface area (Å²) in [4.78, 5) is 29.5. The van der Waals surface area contributed by atoms with Crippen LogP contribution in [0.1, 0.15) is 98.1 Å². The molecule has 3 aliphatic carbocycles. The Bertz CT molecular complexity index is 1420. The van der Waals surface area contributed by atoms with E-state index in [1.807, 2.05) is 12.1 Å². The van der Waals surface area contributed by atoms with Crippen molar-refractivity contribution in [3.05, 3.63) is 71.4 Å². The van der Waals surface area contributed by atoms with Crippen LogP contribution < -0.4 is 10.2 Å². The van der Waals surface area contributed by atoms with Gasteiger partial charge < -0.3 is 5.32 Å². The second-order valence-corrected chi connectivity index (χ2v) is 16.1. The standard InChI is InChI=1S/C39H52N2O2/c1-25(2)21-26-13-14-32(37(3,4)5)34(22-26)41(27-11-9-8-10-12-27)36(43)33-16-15-30-29-24-40-35-23-28(42)17-19-39(35,7)31(29)18-20-38(30,33)6/h8-14,22-23,25,29-31,33,40H,15-21,24H2,1-7H3/t29-,30-,31+,33?,38-,39+/m0/s1. The second kappa shape index (κ2) is 10.9. The predicted molar refractivity (Wildman–Crippen MR) is 176 cm³/mol. The molecule has 2 saturated carbocycles. The van der Waals surface area contributed by atoms with Crippen molar-refractivity contribution >= 4 is 23.1 Å². The van der Waals surface area contributed by atoms with Crippen molar-refractivity contribution in [3.63, 3.8) is 0 Å². The highest BCUT2D eigenvalue weighted by Crippen LogP contribution is 2.64. The average molecular weight is 581 g/mol. The van der Waals surface area contributed by atoms with Gasteiger partial charge in [-0.05, 0) is 102 Å². The van der Waals surface area contributed by atoms with E-state index in [0.717, 1.165) is 56.4 Å². The molecule has 43 heavy (non-hydrogen) atoms. The number of hydrogen-bond donors (Lipinski definition) is 1. The number of amides is 1. The van der Waals surface area contributed by atoms with Gasteiger partial charge in [0.25, 0.3) is 0 Å². The topological polar surface area (TPSA) is 49.4 Å². The zero-order valence-corrected chi connectivity index (χ0v) is 27.5. The van der Waals surface area contributed by atoms with Gasteiger partial charge in [-0.3, -0.25) is 14.5 Å². The first-order valence-corrected chi connectivity index (χ1v) is 16.8. The Balaban J connectivity index is 1.38. The highest BCUT2D eigenvalue weighted by Gasteiger charge is 2.61. The first-order chi connectivity index (χ1) is 20.3. The largest absolute Gasteiger partial charge is 0.387 e. The second-order valence-electron chi connectivity index (χ2n) is 16.1. The molecule has 1 saturated heterocycles. The first kappa shape index (κ1) is 30.2. The van der Waals surface area contributed by atoms with Gasteiger partial charge in [-0.1, -0.05) is 78.8 Å². The summed E-state index contributed by atoms with van der Waals surface area (Å²) in [7, 11) is 0. The van der Waals surface area contributed by atoms with E-state index < -0.39 is 0 Å². The van der Waals surface area contributed by atoms with E-state index in [2.05, 4.69) is 101 Å². The van der Waals surface area contributed by atoms with Crippen molar-refractivity contribution in [2.45, 2.75) is 98.8 Å². The molecular weight excluding hydrogens is 528 g/mol. The normalized spacial score (nSPS) is 31.9. The number of para-hydroxylation sites is 1. The number of nitrogens with one attached hydrogen (secondary N) is 1.